The molecule has 0 saturated heterocycles. The normalized spacial score (nSPS) is 32.4. The van der Waals surface area contributed by atoms with Crippen molar-refractivity contribution in [3.8, 4) is 0 Å². The van der Waals surface area contributed by atoms with E-state index in [1.807, 2.05) is 0 Å². The average molecular weight is 148 g/mol. The molecule has 0 fully saturated rings. The van der Waals surface area contributed by atoms with Crippen molar-refractivity contribution in [3.63, 3.8) is 0 Å². The van der Waals surface area contributed by atoms with Gasteiger partial charge in [-0.15, -0.1) is 0 Å². The fourth-order valence-electron chi connectivity index (χ4n) is 0.543. The second-order valence-electron chi connectivity index (χ2n) is 1.79. The van der Waals surface area contributed by atoms with Crippen molar-refractivity contribution >= 4 is 18.0 Å². The Morgan fingerprint density at radius 1 is 1.89 bits per heavy atom. The molecule has 0 bridgehead atoms. The van der Waals surface area contributed by atoms with Gasteiger partial charge in [0, 0.05) is 13.1 Å². The van der Waals surface area contributed by atoms with Crippen LogP contribution < -0.4 is 0 Å². The zero-order valence-electron chi connectivity index (χ0n) is 4.87. The summed E-state index contributed by atoms with van der Waals surface area (Å²) in [5, 5.41) is -1.01. The number of rotatable bonds is 1. The van der Waals surface area contributed by atoms with E-state index in [9.17, 15) is 4.79 Å². The van der Waals surface area contributed by atoms with Crippen molar-refractivity contribution in [1.82, 2.24) is 4.90 Å². The first-order valence-electron chi connectivity index (χ1n) is 2.44. The maximum Gasteiger partial charge on any atom is 0.262 e. The third-order valence-electron chi connectivity index (χ3n) is 1.08. The highest BCUT2D eigenvalue weighted by molar-refractivity contribution is 6.23. The van der Waals surface area contributed by atoms with Gasteiger partial charge < -0.3 is 4.74 Å². The number of hydrogen-bond donors (Lipinski definition) is 0. The topological polar surface area (TPSA) is 29.5 Å². The quantitative estimate of drug-likeness (QED) is 0.313. The molecule has 1 rings (SSSR count). The van der Waals surface area contributed by atoms with Crippen molar-refractivity contribution in [2.45, 2.75) is 12.1 Å². The van der Waals surface area contributed by atoms with E-state index in [4.69, 9.17) is 16.3 Å². The van der Waals surface area contributed by atoms with Gasteiger partial charge >= 0.3 is 0 Å². The van der Waals surface area contributed by atoms with Crippen LogP contribution in [-0.4, -0.2) is 16.5 Å². The summed E-state index contributed by atoms with van der Waals surface area (Å²) in [5.41, 5.74) is 0. The first kappa shape index (κ1) is 6.42. The van der Waals surface area contributed by atoms with Gasteiger partial charge in [0.2, 0.25) is 6.41 Å². The fourth-order valence-corrected chi connectivity index (χ4v) is 0.691. The molecule has 0 spiro atoms. The highest BCUT2D eigenvalue weighted by Gasteiger charge is 2.31. The molecule has 1 heterocycles. The Bertz CT molecular complexity index is 155. The van der Waals surface area contributed by atoms with E-state index in [0.717, 1.165) is 0 Å². The number of carbonyl (C=O) groups is 1. The zero-order chi connectivity index (χ0) is 6.91. The Labute approximate surface area is 57.8 Å². The van der Waals surface area contributed by atoms with Crippen molar-refractivity contribution < 1.29 is 9.53 Å². The molecule has 9 heavy (non-hydrogen) atoms. The van der Waals surface area contributed by atoms with Gasteiger partial charge in [0.15, 0.2) is 0 Å². The molecule has 1 unspecified atom stereocenters. The van der Waals surface area contributed by atoms with Crippen LogP contribution in [0.4, 0.5) is 0 Å². The van der Waals surface area contributed by atoms with Crippen molar-refractivity contribution in [2.75, 3.05) is 0 Å². The number of carbonyl (C=O) groups excluding carboxylic acids is 1. The Balaban J connectivity index is 2.71. The second-order valence-corrected chi connectivity index (χ2v) is 2.49. The van der Waals surface area contributed by atoms with Crippen molar-refractivity contribution in [3.05, 3.63) is 12.5 Å². The van der Waals surface area contributed by atoms with E-state index in [2.05, 4.69) is 0 Å². The molecular formula is C5H6ClNO2. The highest BCUT2D eigenvalue weighted by atomic mass is 35.5. The summed E-state index contributed by atoms with van der Waals surface area (Å²) in [6.45, 7) is 1.59. The summed E-state index contributed by atoms with van der Waals surface area (Å²) >= 11 is 5.64. The van der Waals surface area contributed by atoms with E-state index in [0.29, 0.717) is 6.41 Å². The predicted molar refractivity (Wildman–Crippen MR) is 32.4 cm³/mol. The van der Waals surface area contributed by atoms with Crippen molar-refractivity contribution in [1.29, 1.82) is 0 Å². The van der Waals surface area contributed by atoms with Crippen LogP contribution in [-0.2, 0) is 9.53 Å². The summed E-state index contributed by atoms with van der Waals surface area (Å²) in [4.78, 5) is 11.4. The lowest BCUT2D eigenvalue weighted by atomic mass is 10.6. The number of ether oxygens (including phenoxy) is 1. The van der Waals surface area contributed by atoms with E-state index < -0.39 is 5.18 Å². The molecule has 1 amide bonds. The molecule has 0 aromatic heterocycles. The number of halogens is 1. The molecule has 0 radical (unpaired) electrons. The van der Waals surface area contributed by atoms with Crippen molar-refractivity contribution in [2.24, 2.45) is 0 Å². The first-order valence-corrected chi connectivity index (χ1v) is 2.82. The largest absolute Gasteiger partial charge is 0.460 e. The maximum absolute atomic E-state index is 10.1. The van der Waals surface area contributed by atoms with Crippen LogP contribution in [0, 0.1) is 0 Å². The smallest absolute Gasteiger partial charge is 0.262 e. The lowest BCUT2D eigenvalue weighted by molar-refractivity contribution is -0.122. The van der Waals surface area contributed by atoms with E-state index in [1.54, 1.807) is 6.92 Å². The molecule has 3 nitrogen and oxygen atoms in total. The summed E-state index contributed by atoms with van der Waals surface area (Å²) < 4.78 is 4.82. The molecule has 0 aromatic carbocycles. The fraction of sp³-hybridized carbons (Fsp3) is 0.400. The summed E-state index contributed by atoms with van der Waals surface area (Å²) in [6, 6.07) is 0. The van der Waals surface area contributed by atoms with E-state index >= 15 is 0 Å². The van der Waals surface area contributed by atoms with Crippen LogP contribution in [0.3, 0.4) is 0 Å². The zero-order valence-corrected chi connectivity index (χ0v) is 5.63. The highest BCUT2D eigenvalue weighted by Crippen LogP contribution is 2.25. The Hall–Kier alpha value is -0.700. The van der Waals surface area contributed by atoms with Crippen LogP contribution in [0.2, 0.25) is 0 Å². The van der Waals surface area contributed by atoms with Crippen LogP contribution in [0.5, 0.6) is 0 Å². The Morgan fingerprint density at radius 3 is 2.78 bits per heavy atom. The van der Waals surface area contributed by atoms with Crippen LogP contribution >= 0.6 is 11.6 Å². The summed E-state index contributed by atoms with van der Waals surface area (Å²) in [6.07, 6.45) is 3.46. The van der Waals surface area contributed by atoms with Gasteiger partial charge in [0.05, 0.1) is 0 Å². The average Bonchev–Trinajstić information content (AvgIpc) is 2.08. The second kappa shape index (κ2) is 1.92. The van der Waals surface area contributed by atoms with Gasteiger partial charge in [-0.1, -0.05) is 11.6 Å². The van der Waals surface area contributed by atoms with E-state index in [1.165, 1.54) is 17.4 Å². The van der Waals surface area contributed by atoms with Crippen LogP contribution in [0.15, 0.2) is 12.5 Å². The third kappa shape index (κ3) is 1.00. The Morgan fingerprint density at radius 2 is 2.56 bits per heavy atom. The van der Waals surface area contributed by atoms with Gasteiger partial charge in [-0.25, -0.2) is 0 Å². The summed E-state index contributed by atoms with van der Waals surface area (Å²) in [5.74, 6) is 0. The van der Waals surface area contributed by atoms with Gasteiger partial charge in [0.1, 0.15) is 6.26 Å². The number of amides is 1. The number of alkyl halides is 1. The van der Waals surface area contributed by atoms with Crippen LogP contribution in [0.1, 0.15) is 6.92 Å². The van der Waals surface area contributed by atoms with Gasteiger partial charge in [-0.05, 0) is 0 Å². The minimum atomic E-state index is -1.01. The third-order valence-corrected chi connectivity index (χ3v) is 1.36. The predicted octanol–water partition coefficient (Wildman–Crippen LogP) is 0.859. The number of nitrogens with zero attached hydrogens (tertiary/aromatic N) is 1. The molecule has 4 heteroatoms. The minimum absolute atomic E-state index is 0.608. The summed E-state index contributed by atoms with van der Waals surface area (Å²) in [7, 11) is 0. The Kier molecular flexibility index (Phi) is 1.37. The molecule has 0 aliphatic carbocycles. The SMILES string of the molecule is CC1(Cl)OC=CN1C=O. The molecule has 0 N–H and O–H groups in total. The maximum atomic E-state index is 10.1. The molecule has 0 saturated carbocycles. The molecule has 0 aromatic rings. The van der Waals surface area contributed by atoms with Gasteiger partial charge in [-0.3, -0.25) is 9.69 Å². The monoisotopic (exact) mass is 147 g/mol. The lowest BCUT2D eigenvalue weighted by Gasteiger charge is -2.22. The molecular weight excluding hydrogens is 142 g/mol. The van der Waals surface area contributed by atoms with Gasteiger partial charge in [0.25, 0.3) is 5.18 Å². The molecule has 1 atom stereocenters. The van der Waals surface area contributed by atoms with Crippen LogP contribution in [0.25, 0.3) is 0 Å². The minimum Gasteiger partial charge on any atom is -0.460 e. The number of hydrogen-bond acceptors (Lipinski definition) is 2. The van der Waals surface area contributed by atoms with Gasteiger partial charge in [-0.2, -0.15) is 0 Å². The standard InChI is InChI=1S/C5H6ClNO2/c1-5(6)7(4-8)2-3-9-5/h2-4H,1H3. The lowest BCUT2D eigenvalue weighted by Crippen LogP contribution is -2.33. The molecule has 50 valence electrons. The van der Waals surface area contributed by atoms with E-state index in [-0.39, 0.29) is 0 Å². The first-order chi connectivity index (χ1) is 4.17. The molecule has 1 aliphatic heterocycles. The molecule has 1 aliphatic rings.